The van der Waals surface area contributed by atoms with E-state index in [0.29, 0.717) is 23.4 Å². The second kappa shape index (κ2) is 7.97. The topological polar surface area (TPSA) is 29.3 Å². The molecule has 2 N–H and O–H groups in total. The van der Waals surface area contributed by atoms with Crippen LogP contribution < -0.4 is 5.73 Å². The Balaban J connectivity index is 2.68. The first-order chi connectivity index (χ1) is 9.66. The third-order valence-electron chi connectivity index (χ3n) is 5.45. The van der Waals surface area contributed by atoms with Crippen molar-refractivity contribution in [2.45, 2.75) is 86.2 Å². The van der Waals surface area contributed by atoms with Gasteiger partial charge in [0.15, 0.2) is 0 Å². The van der Waals surface area contributed by atoms with Crippen molar-refractivity contribution >= 4 is 0 Å². The summed E-state index contributed by atoms with van der Waals surface area (Å²) in [4.78, 5) is 2.67. The average Bonchev–Trinajstić information content (AvgIpc) is 2.37. The molecule has 1 fully saturated rings. The monoisotopic (exact) mass is 296 g/mol. The fourth-order valence-corrected chi connectivity index (χ4v) is 4.12. The van der Waals surface area contributed by atoms with Crippen LogP contribution in [-0.4, -0.2) is 30.1 Å². The first kappa shape index (κ1) is 19.0. The van der Waals surface area contributed by atoms with Crippen LogP contribution >= 0.6 is 0 Å². The summed E-state index contributed by atoms with van der Waals surface area (Å²) in [6.45, 7) is 18.5. The zero-order valence-corrected chi connectivity index (χ0v) is 15.7. The molecule has 0 aliphatic heterocycles. The summed E-state index contributed by atoms with van der Waals surface area (Å²) >= 11 is 0. The molecule has 0 radical (unpaired) electrons. The molecule has 1 aliphatic carbocycles. The van der Waals surface area contributed by atoms with Gasteiger partial charge < -0.3 is 5.73 Å². The molecule has 1 aliphatic rings. The Kier molecular flexibility index (Phi) is 7.19. The molecule has 1 saturated carbocycles. The van der Waals surface area contributed by atoms with E-state index in [2.05, 4.69) is 53.4 Å². The summed E-state index contributed by atoms with van der Waals surface area (Å²) in [6.07, 6.45) is 5.51. The van der Waals surface area contributed by atoms with Crippen molar-refractivity contribution in [3.8, 4) is 0 Å². The minimum absolute atomic E-state index is 0.471. The maximum absolute atomic E-state index is 6.20. The summed E-state index contributed by atoms with van der Waals surface area (Å²) < 4.78 is 0. The minimum Gasteiger partial charge on any atom is -0.329 e. The molecule has 0 aromatic carbocycles. The normalized spacial score (nSPS) is 25.9. The Morgan fingerprint density at radius 1 is 1.00 bits per heavy atom. The van der Waals surface area contributed by atoms with Gasteiger partial charge in [-0.2, -0.15) is 0 Å². The highest BCUT2D eigenvalue weighted by Crippen LogP contribution is 2.41. The van der Waals surface area contributed by atoms with Crippen LogP contribution in [0, 0.1) is 23.2 Å². The molecule has 0 bridgehead atoms. The maximum Gasteiger partial charge on any atom is 0.0249 e. The van der Waals surface area contributed by atoms with Crippen LogP contribution in [0.25, 0.3) is 0 Å². The van der Waals surface area contributed by atoms with Crippen LogP contribution in [0.1, 0.15) is 74.1 Å². The number of hydrogen-bond acceptors (Lipinski definition) is 2. The molecule has 0 aromatic heterocycles. The fraction of sp³-hybridized carbons (Fsp3) is 1.00. The van der Waals surface area contributed by atoms with Gasteiger partial charge in [0.2, 0.25) is 0 Å². The maximum atomic E-state index is 6.20. The van der Waals surface area contributed by atoms with Crippen molar-refractivity contribution in [2.24, 2.45) is 28.9 Å². The van der Waals surface area contributed by atoms with Gasteiger partial charge in [-0.05, 0) is 62.7 Å². The van der Waals surface area contributed by atoms with Gasteiger partial charge in [0.1, 0.15) is 0 Å². The summed E-state index contributed by atoms with van der Waals surface area (Å²) in [6, 6.07) is 1.18. The zero-order chi connectivity index (χ0) is 16.2. The molecule has 1 atom stereocenters. The van der Waals surface area contributed by atoms with Crippen LogP contribution in [0.5, 0.6) is 0 Å². The molecular formula is C19H40N2. The standard InChI is InChI=1S/C19H40N2/c1-14(2)13-21(15(3)4)18(12-20)16-8-10-17(11-9-16)19(5,6)7/h14-18H,8-13,20H2,1-7H3. The first-order valence-electron chi connectivity index (χ1n) is 9.12. The van der Waals surface area contributed by atoms with Gasteiger partial charge in [0, 0.05) is 25.2 Å². The quantitative estimate of drug-likeness (QED) is 0.780. The lowest BCUT2D eigenvalue weighted by atomic mass is 9.68. The molecule has 0 saturated heterocycles. The van der Waals surface area contributed by atoms with Crippen molar-refractivity contribution in [2.75, 3.05) is 13.1 Å². The lowest BCUT2D eigenvalue weighted by Gasteiger charge is -2.44. The summed E-state index contributed by atoms with van der Waals surface area (Å²) in [5.74, 6) is 2.41. The van der Waals surface area contributed by atoms with Gasteiger partial charge in [-0.3, -0.25) is 4.90 Å². The lowest BCUT2D eigenvalue weighted by Crippen LogP contribution is -2.51. The molecule has 0 aromatic rings. The predicted octanol–water partition coefficient (Wildman–Crippen LogP) is 4.53. The number of nitrogens with two attached hydrogens (primary N) is 1. The Morgan fingerprint density at radius 2 is 1.52 bits per heavy atom. The Bertz CT molecular complexity index is 282. The molecule has 126 valence electrons. The van der Waals surface area contributed by atoms with E-state index in [4.69, 9.17) is 5.73 Å². The molecule has 0 amide bonds. The van der Waals surface area contributed by atoms with Gasteiger partial charge in [-0.1, -0.05) is 34.6 Å². The van der Waals surface area contributed by atoms with E-state index in [9.17, 15) is 0 Å². The van der Waals surface area contributed by atoms with Gasteiger partial charge in [-0.15, -0.1) is 0 Å². The molecule has 1 unspecified atom stereocenters. The van der Waals surface area contributed by atoms with Gasteiger partial charge in [0.25, 0.3) is 0 Å². The van der Waals surface area contributed by atoms with E-state index < -0.39 is 0 Å². The van der Waals surface area contributed by atoms with Crippen molar-refractivity contribution in [1.29, 1.82) is 0 Å². The van der Waals surface area contributed by atoms with Crippen molar-refractivity contribution < 1.29 is 0 Å². The van der Waals surface area contributed by atoms with Gasteiger partial charge in [0.05, 0.1) is 0 Å². The Morgan fingerprint density at radius 3 is 1.86 bits per heavy atom. The lowest BCUT2D eigenvalue weighted by molar-refractivity contribution is 0.0565. The van der Waals surface area contributed by atoms with Crippen LogP contribution in [-0.2, 0) is 0 Å². The Hall–Kier alpha value is -0.0800. The van der Waals surface area contributed by atoms with E-state index in [1.165, 1.54) is 32.2 Å². The number of rotatable bonds is 6. The first-order valence-corrected chi connectivity index (χ1v) is 9.12. The summed E-state index contributed by atoms with van der Waals surface area (Å²) in [5, 5.41) is 0. The zero-order valence-electron chi connectivity index (χ0n) is 15.7. The summed E-state index contributed by atoms with van der Waals surface area (Å²) in [7, 11) is 0. The van der Waals surface area contributed by atoms with Crippen LogP contribution in [0.15, 0.2) is 0 Å². The van der Waals surface area contributed by atoms with Crippen LogP contribution in [0.2, 0.25) is 0 Å². The molecule has 2 heteroatoms. The molecule has 1 rings (SSSR count). The van der Waals surface area contributed by atoms with Crippen molar-refractivity contribution in [1.82, 2.24) is 4.90 Å². The van der Waals surface area contributed by atoms with Crippen molar-refractivity contribution in [3.63, 3.8) is 0 Å². The van der Waals surface area contributed by atoms with Gasteiger partial charge >= 0.3 is 0 Å². The largest absolute Gasteiger partial charge is 0.329 e. The average molecular weight is 297 g/mol. The van der Waals surface area contributed by atoms with Crippen LogP contribution in [0.4, 0.5) is 0 Å². The van der Waals surface area contributed by atoms with E-state index in [1.54, 1.807) is 0 Å². The van der Waals surface area contributed by atoms with E-state index in [1.807, 2.05) is 0 Å². The van der Waals surface area contributed by atoms with E-state index >= 15 is 0 Å². The van der Waals surface area contributed by atoms with Crippen LogP contribution in [0.3, 0.4) is 0 Å². The Labute approximate surface area is 133 Å². The second-order valence-electron chi connectivity index (χ2n) is 8.97. The smallest absolute Gasteiger partial charge is 0.0249 e. The van der Waals surface area contributed by atoms with Crippen molar-refractivity contribution in [3.05, 3.63) is 0 Å². The highest BCUT2D eigenvalue weighted by Gasteiger charge is 2.35. The third-order valence-corrected chi connectivity index (χ3v) is 5.45. The summed E-state index contributed by atoms with van der Waals surface area (Å²) in [5.41, 5.74) is 6.67. The third kappa shape index (κ3) is 5.56. The molecule has 0 heterocycles. The number of nitrogens with zero attached hydrogens (tertiary/aromatic N) is 1. The molecule has 2 nitrogen and oxygen atoms in total. The minimum atomic E-state index is 0.471. The highest BCUT2D eigenvalue weighted by atomic mass is 15.2. The SMILES string of the molecule is CC(C)CN(C(C)C)C(CN)C1CCC(C(C)(C)C)CC1. The molecule has 21 heavy (non-hydrogen) atoms. The molecular weight excluding hydrogens is 256 g/mol. The van der Waals surface area contributed by atoms with Gasteiger partial charge in [-0.25, -0.2) is 0 Å². The second-order valence-corrected chi connectivity index (χ2v) is 8.97. The fourth-order valence-electron chi connectivity index (χ4n) is 4.12. The highest BCUT2D eigenvalue weighted by molar-refractivity contribution is 4.88. The molecule has 0 spiro atoms. The number of hydrogen-bond donors (Lipinski definition) is 1. The van der Waals surface area contributed by atoms with E-state index in [0.717, 1.165) is 18.4 Å². The predicted molar refractivity (Wildman–Crippen MR) is 94.4 cm³/mol. The van der Waals surface area contributed by atoms with E-state index in [-0.39, 0.29) is 0 Å².